The number of nitrogens with zero attached hydrogens (tertiary/aromatic N) is 6. The van der Waals surface area contributed by atoms with Crippen molar-refractivity contribution in [2.75, 3.05) is 0 Å². The van der Waals surface area contributed by atoms with Gasteiger partial charge in [0.15, 0.2) is 4.34 Å². The molecule has 2 atom stereocenters. The molecule has 1 fully saturated rings. The number of ether oxygens (including phenoxy) is 3. The van der Waals surface area contributed by atoms with Crippen LogP contribution in [-0.2, 0) is 37.0 Å². The Labute approximate surface area is 291 Å². The molecule has 2 aromatic heterocycles. The molecule has 16 nitrogen and oxygen atoms in total. The lowest BCUT2D eigenvalue weighted by Gasteiger charge is -2.49. The first-order valence-electron chi connectivity index (χ1n) is 14.9. The fourth-order valence-corrected chi connectivity index (χ4v) is 7.69. The zero-order valence-electron chi connectivity index (χ0n) is 26.3. The first-order chi connectivity index (χ1) is 23.9. The summed E-state index contributed by atoms with van der Waals surface area (Å²) in [6.07, 6.45) is 2.46. The molecule has 2 aliphatic rings. The van der Waals surface area contributed by atoms with Gasteiger partial charge < -0.3 is 19.1 Å². The van der Waals surface area contributed by atoms with Crippen LogP contribution in [0.25, 0.3) is 10.6 Å². The van der Waals surface area contributed by atoms with Gasteiger partial charge in [0.2, 0.25) is 5.91 Å². The molecule has 1 saturated heterocycles. The number of carbonyl (C=O) groups is 3. The normalized spacial score (nSPS) is 16.8. The first kappa shape index (κ1) is 34.1. The number of non-ortho nitro benzene ring substituents is 2. The number of hydrogen-bond acceptors (Lipinski definition) is 15. The van der Waals surface area contributed by atoms with Gasteiger partial charge in [-0.3, -0.25) is 30.0 Å². The summed E-state index contributed by atoms with van der Waals surface area (Å²) in [4.78, 5) is 66.7. The van der Waals surface area contributed by atoms with Crippen molar-refractivity contribution in [2.24, 2.45) is 5.92 Å². The molecule has 0 spiro atoms. The van der Waals surface area contributed by atoms with E-state index in [2.05, 4.69) is 15.2 Å². The van der Waals surface area contributed by atoms with Crippen LogP contribution in [0.3, 0.4) is 0 Å². The van der Waals surface area contributed by atoms with Gasteiger partial charge in [-0.15, -0.1) is 10.2 Å². The molecule has 0 N–H and O–H groups in total. The SMILES string of the molecule is CC(C)(OC(=O)OCc1ccc([N+](=O)[O-])cc1)[C@@H]1C(=O)N2C(C(=O)OCc3ccc([N+](=O)[O-])cc3)=C(Sc3nnc(-c4ccncc4)s3)C[C@H]12. The second kappa shape index (κ2) is 14.0. The van der Waals surface area contributed by atoms with Crippen LogP contribution in [0, 0.1) is 26.1 Å². The number of nitro benzene ring substituents is 2. The summed E-state index contributed by atoms with van der Waals surface area (Å²) >= 11 is 2.47. The number of aromatic nitrogens is 3. The van der Waals surface area contributed by atoms with Gasteiger partial charge in [0.1, 0.15) is 29.5 Å². The molecule has 0 saturated carbocycles. The van der Waals surface area contributed by atoms with Gasteiger partial charge >= 0.3 is 12.1 Å². The number of β-lactam (4-membered cyclic amide) rings is 1. The molecule has 256 valence electrons. The fraction of sp³-hybridized carbons (Fsp3) is 0.250. The molecule has 2 aliphatic heterocycles. The summed E-state index contributed by atoms with van der Waals surface area (Å²) in [5.74, 6) is -2.08. The Bertz CT molecular complexity index is 2000. The molecule has 0 unspecified atom stereocenters. The van der Waals surface area contributed by atoms with Crippen LogP contribution >= 0.6 is 23.1 Å². The van der Waals surface area contributed by atoms with Crippen LogP contribution in [0.15, 0.2) is 88.0 Å². The smallest absolute Gasteiger partial charge is 0.456 e. The molecule has 6 rings (SSSR count). The van der Waals surface area contributed by atoms with Crippen LogP contribution in [0.2, 0.25) is 0 Å². The van der Waals surface area contributed by atoms with E-state index in [1.54, 1.807) is 38.4 Å². The predicted molar refractivity (Wildman–Crippen MR) is 176 cm³/mol. The highest BCUT2D eigenvalue weighted by Gasteiger charge is 2.62. The molecule has 0 aliphatic carbocycles. The van der Waals surface area contributed by atoms with E-state index >= 15 is 0 Å². The fourth-order valence-electron chi connectivity index (χ4n) is 5.58. The van der Waals surface area contributed by atoms with Gasteiger partial charge in [-0.2, -0.15) is 0 Å². The molecule has 0 bridgehead atoms. The van der Waals surface area contributed by atoms with E-state index in [-0.39, 0.29) is 36.7 Å². The number of pyridine rings is 1. The number of rotatable bonds is 12. The number of fused-ring (bicyclic) bond motifs is 1. The average Bonchev–Trinajstić information content (AvgIpc) is 3.69. The Balaban J connectivity index is 1.17. The topological polar surface area (TPSA) is 207 Å². The van der Waals surface area contributed by atoms with Crippen molar-refractivity contribution < 1.29 is 38.4 Å². The summed E-state index contributed by atoms with van der Waals surface area (Å²) in [5.41, 5.74) is 0.276. The van der Waals surface area contributed by atoms with Crippen molar-refractivity contribution in [2.45, 2.75) is 49.5 Å². The summed E-state index contributed by atoms with van der Waals surface area (Å²) in [5, 5.41) is 31.1. The molecule has 4 aromatic rings. The molecule has 18 heteroatoms. The minimum Gasteiger partial charge on any atom is -0.456 e. The van der Waals surface area contributed by atoms with Crippen LogP contribution < -0.4 is 0 Å². The lowest BCUT2D eigenvalue weighted by atomic mass is 9.76. The van der Waals surface area contributed by atoms with Crippen LogP contribution in [-0.4, -0.2) is 59.6 Å². The van der Waals surface area contributed by atoms with Crippen molar-refractivity contribution >= 4 is 52.5 Å². The zero-order valence-corrected chi connectivity index (χ0v) is 27.9. The van der Waals surface area contributed by atoms with Gasteiger partial charge in [0.05, 0.1) is 21.8 Å². The van der Waals surface area contributed by atoms with E-state index in [0.717, 1.165) is 5.56 Å². The third-order valence-corrected chi connectivity index (χ3v) is 10.1. The van der Waals surface area contributed by atoms with Crippen LogP contribution in [0.4, 0.5) is 16.2 Å². The summed E-state index contributed by atoms with van der Waals surface area (Å²) in [7, 11) is 0. The number of esters is 1. The minimum absolute atomic E-state index is 0.0281. The number of carbonyl (C=O) groups excluding carboxylic acids is 3. The number of amides is 1. The molecule has 2 aromatic carbocycles. The van der Waals surface area contributed by atoms with Crippen molar-refractivity contribution in [1.29, 1.82) is 0 Å². The maximum Gasteiger partial charge on any atom is 0.509 e. The van der Waals surface area contributed by atoms with Gasteiger partial charge in [0.25, 0.3) is 11.4 Å². The van der Waals surface area contributed by atoms with E-state index < -0.39 is 45.4 Å². The lowest BCUT2D eigenvalue weighted by Crippen LogP contribution is -2.66. The van der Waals surface area contributed by atoms with E-state index in [4.69, 9.17) is 14.2 Å². The van der Waals surface area contributed by atoms with Crippen molar-refractivity contribution in [3.05, 3.63) is 115 Å². The molecule has 0 radical (unpaired) electrons. The van der Waals surface area contributed by atoms with Crippen molar-refractivity contribution in [1.82, 2.24) is 20.1 Å². The van der Waals surface area contributed by atoms with Gasteiger partial charge in [-0.05, 0) is 61.4 Å². The molecule has 1 amide bonds. The molecular formula is C32H26N6O10S2. The quantitative estimate of drug-likeness (QED) is 0.0731. The Hall–Kier alpha value is -5.75. The summed E-state index contributed by atoms with van der Waals surface area (Å²) in [6, 6.07) is 14.0. The molecule has 50 heavy (non-hydrogen) atoms. The molecule has 4 heterocycles. The number of benzene rings is 2. The Kier molecular flexibility index (Phi) is 9.56. The largest absolute Gasteiger partial charge is 0.509 e. The zero-order chi connectivity index (χ0) is 35.6. The van der Waals surface area contributed by atoms with E-state index in [0.29, 0.717) is 25.4 Å². The number of nitro groups is 2. The Morgan fingerprint density at radius 3 is 2.08 bits per heavy atom. The van der Waals surface area contributed by atoms with E-state index in [1.807, 2.05) is 0 Å². The maximum absolute atomic E-state index is 13.7. The second-order valence-electron chi connectivity index (χ2n) is 11.6. The van der Waals surface area contributed by atoms with Crippen LogP contribution in [0.1, 0.15) is 31.4 Å². The monoisotopic (exact) mass is 718 g/mol. The maximum atomic E-state index is 13.7. The number of hydrogen-bond donors (Lipinski definition) is 0. The third kappa shape index (κ3) is 7.15. The summed E-state index contributed by atoms with van der Waals surface area (Å²) in [6.45, 7) is 2.74. The minimum atomic E-state index is -1.35. The van der Waals surface area contributed by atoms with Crippen molar-refractivity contribution in [3.8, 4) is 10.6 Å². The van der Waals surface area contributed by atoms with Gasteiger partial charge in [-0.25, -0.2) is 9.59 Å². The highest BCUT2D eigenvalue weighted by atomic mass is 32.2. The lowest BCUT2D eigenvalue weighted by molar-refractivity contribution is -0.385. The Morgan fingerprint density at radius 2 is 1.50 bits per heavy atom. The summed E-state index contributed by atoms with van der Waals surface area (Å²) < 4.78 is 16.9. The Morgan fingerprint density at radius 1 is 0.920 bits per heavy atom. The molecular weight excluding hydrogens is 693 g/mol. The van der Waals surface area contributed by atoms with Gasteiger partial charge in [-0.1, -0.05) is 23.1 Å². The average molecular weight is 719 g/mol. The number of thioether (sulfide) groups is 1. The van der Waals surface area contributed by atoms with Gasteiger partial charge in [0, 0.05) is 53.5 Å². The standard InChI is InChI=1S/C32H26N6O10S2/c1-32(2,48-31(41)47-17-19-5-9-22(10-6-19)38(44)45)25-23-15-24(49-30-35-34-27(50-30)20-11-13-33-14-12-20)26(36(23)28(25)39)29(40)46-16-18-3-7-21(8-4-18)37(42)43/h3-14,23,25H,15-17H2,1-2H3/t23-,25+/m1/s1. The second-order valence-corrected chi connectivity index (χ2v) is 13.9. The predicted octanol–water partition coefficient (Wildman–Crippen LogP) is 5.83. The highest BCUT2D eigenvalue weighted by Crippen LogP contribution is 2.52. The van der Waals surface area contributed by atoms with E-state index in [1.165, 1.54) is 76.5 Å². The van der Waals surface area contributed by atoms with Crippen molar-refractivity contribution in [3.63, 3.8) is 0 Å². The third-order valence-electron chi connectivity index (χ3n) is 7.97. The van der Waals surface area contributed by atoms with E-state index in [9.17, 15) is 34.6 Å². The van der Waals surface area contributed by atoms with Crippen LogP contribution in [0.5, 0.6) is 0 Å². The highest BCUT2D eigenvalue weighted by molar-refractivity contribution is 8.04. The first-order valence-corrected chi connectivity index (χ1v) is 16.5.